The van der Waals surface area contributed by atoms with Gasteiger partial charge < -0.3 is 40.1 Å². The molecule has 0 aromatic carbocycles. The van der Waals surface area contributed by atoms with E-state index in [0.717, 1.165) is 57.7 Å². The van der Waals surface area contributed by atoms with Gasteiger partial charge in [-0.05, 0) is 64.5 Å². The molecule has 2 heterocycles. The number of hydrogen-bond donors (Lipinski definition) is 5. The highest BCUT2D eigenvalue weighted by atomic mass is 16.6. The number of ether oxygens (including phenoxy) is 4. The van der Waals surface area contributed by atoms with Gasteiger partial charge in [0.2, 0.25) is 5.60 Å². The number of nitriles is 1. The number of esters is 2. The Morgan fingerprint density at radius 3 is 2.49 bits per heavy atom. The SMILES string of the molecule is CC(C)(C)OC(=O)NC1(CC(=O)OC[C@H]2O[C@@](C#N)(c3ccc(C(N)=NC=N)[nH]3)[C@H](O)[C@@H]2OC(=O)CC2CCCCC2)CCCCC1. The second-order valence-corrected chi connectivity index (χ2v) is 13.9. The molecule has 2 aliphatic carbocycles. The predicted molar refractivity (Wildman–Crippen MR) is 170 cm³/mol. The lowest BCUT2D eigenvalue weighted by molar-refractivity contribution is -0.161. The lowest BCUT2D eigenvalue weighted by Gasteiger charge is -2.37. The monoisotopic (exact) mass is 656 g/mol. The number of nitrogens with zero attached hydrogens (tertiary/aromatic N) is 2. The first-order valence-corrected chi connectivity index (χ1v) is 16.5. The zero-order chi connectivity index (χ0) is 34.2. The summed E-state index contributed by atoms with van der Waals surface area (Å²) < 4.78 is 23.0. The third-order valence-corrected chi connectivity index (χ3v) is 9.08. The summed E-state index contributed by atoms with van der Waals surface area (Å²) in [5, 5.41) is 32.0. The van der Waals surface area contributed by atoms with E-state index in [1.807, 2.05) is 6.07 Å². The zero-order valence-corrected chi connectivity index (χ0v) is 27.5. The van der Waals surface area contributed by atoms with Gasteiger partial charge in [-0.1, -0.05) is 38.5 Å². The Bertz CT molecular complexity index is 1350. The first kappa shape index (κ1) is 35.9. The highest BCUT2D eigenvalue weighted by Gasteiger charge is 2.59. The smallest absolute Gasteiger partial charge is 0.408 e. The number of rotatable bonds is 11. The molecule has 0 spiro atoms. The number of nitrogens with two attached hydrogens (primary N) is 1. The summed E-state index contributed by atoms with van der Waals surface area (Å²) in [6.45, 7) is 4.86. The number of H-pyrrole nitrogens is 1. The van der Waals surface area contributed by atoms with Crippen LogP contribution >= 0.6 is 0 Å². The van der Waals surface area contributed by atoms with Crippen LogP contribution in [0.5, 0.6) is 0 Å². The van der Waals surface area contributed by atoms with Crippen molar-refractivity contribution in [1.82, 2.24) is 10.3 Å². The highest BCUT2D eigenvalue weighted by molar-refractivity contribution is 5.99. The third kappa shape index (κ3) is 9.10. The van der Waals surface area contributed by atoms with E-state index in [4.69, 9.17) is 30.1 Å². The van der Waals surface area contributed by atoms with Gasteiger partial charge in [-0.3, -0.25) is 15.0 Å². The lowest BCUT2D eigenvalue weighted by Crippen LogP contribution is -2.52. The van der Waals surface area contributed by atoms with E-state index in [2.05, 4.69) is 15.3 Å². The molecule has 14 nitrogen and oxygen atoms in total. The summed E-state index contributed by atoms with van der Waals surface area (Å²) >= 11 is 0. The van der Waals surface area contributed by atoms with Crippen LogP contribution in [0.3, 0.4) is 0 Å². The number of carbonyl (C=O) groups is 3. The summed E-state index contributed by atoms with van der Waals surface area (Å²) in [4.78, 5) is 45.7. The van der Waals surface area contributed by atoms with Crippen LogP contribution < -0.4 is 11.1 Å². The fourth-order valence-corrected chi connectivity index (χ4v) is 6.78. The summed E-state index contributed by atoms with van der Waals surface area (Å²) in [5.41, 5.74) is 2.70. The molecule has 1 saturated heterocycles. The number of amidine groups is 1. The quantitative estimate of drug-likeness (QED) is 0.100. The second kappa shape index (κ2) is 15.3. The molecule has 2 saturated carbocycles. The highest BCUT2D eigenvalue weighted by Crippen LogP contribution is 2.41. The Balaban J connectivity index is 1.52. The van der Waals surface area contributed by atoms with Crippen LogP contribution in [0, 0.1) is 22.7 Å². The molecule has 1 amide bonds. The van der Waals surface area contributed by atoms with Crippen LogP contribution in [0.15, 0.2) is 17.1 Å². The van der Waals surface area contributed by atoms with E-state index in [-0.39, 0.29) is 36.0 Å². The molecule has 4 rings (SSSR count). The number of aromatic amines is 1. The molecule has 14 heteroatoms. The number of aliphatic hydroxyl groups excluding tert-OH is 1. The standard InChI is InChI=1S/C33H48N6O8/c1-31(2,3)47-30(43)39-32(14-8-5-9-15-32)17-26(41)44-18-23-27(45-25(40)16-21-10-6-4-7-11-21)28(42)33(19-34,46-23)24-13-12-22(38-24)29(36)37-20-35/h12-13,20-21,23,27-28,38,42H,4-11,14-18H2,1-3H3,(H,39,43)(H3,35,36,37)/t23-,27-,28-,33+/m1/s1. The Labute approximate surface area is 275 Å². The number of aliphatic hydroxyl groups is 1. The van der Waals surface area contributed by atoms with E-state index < -0.39 is 59.7 Å². The first-order chi connectivity index (χ1) is 22.3. The minimum absolute atomic E-state index is 0.0237. The molecular formula is C33H48N6O8. The maximum absolute atomic E-state index is 13.3. The van der Waals surface area contributed by atoms with Crippen molar-refractivity contribution in [3.05, 3.63) is 23.5 Å². The van der Waals surface area contributed by atoms with Crippen molar-refractivity contribution in [2.24, 2.45) is 16.6 Å². The Morgan fingerprint density at radius 1 is 1.17 bits per heavy atom. The Kier molecular flexibility index (Phi) is 11.7. The predicted octanol–water partition coefficient (Wildman–Crippen LogP) is 3.85. The van der Waals surface area contributed by atoms with Gasteiger partial charge in [0.15, 0.2) is 6.10 Å². The van der Waals surface area contributed by atoms with Crippen molar-refractivity contribution in [3.63, 3.8) is 0 Å². The van der Waals surface area contributed by atoms with E-state index in [9.17, 15) is 24.8 Å². The number of aliphatic imine (C=N–C) groups is 1. The molecule has 3 aliphatic rings. The van der Waals surface area contributed by atoms with Crippen LogP contribution in [0.4, 0.5) is 4.79 Å². The van der Waals surface area contributed by atoms with Gasteiger partial charge in [0.05, 0.1) is 23.3 Å². The molecule has 47 heavy (non-hydrogen) atoms. The third-order valence-electron chi connectivity index (χ3n) is 9.08. The molecule has 0 radical (unpaired) electrons. The molecule has 258 valence electrons. The van der Waals surface area contributed by atoms with Crippen molar-refractivity contribution < 1.29 is 38.4 Å². The number of hydrogen-bond acceptors (Lipinski definition) is 10. The number of nitrogens with one attached hydrogen (secondary N) is 3. The second-order valence-electron chi connectivity index (χ2n) is 13.9. The van der Waals surface area contributed by atoms with Crippen LogP contribution in [0.1, 0.15) is 109 Å². The van der Waals surface area contributed by atoms with Gasteiger partial charge in [0.25, 0.3) is 0 Å². The molecular weight excluding hydrogens is 608 g/mol. The van der Waals surface area contributed by atoms with Crippen LogP contribution in [0.2, 0.25) is 0 Å². The van der Waals surface area contributed by atoms with Crippen molar-refractivity contribution in [2.75, 3.05) is 6.61 Å². The molecule has 6 N–H and O–H groups in total. The van der Waals surface area contributed by atoms with Crippen molar-refractivity contribution in [1.29, 1.82) is 10.7 Å². The van der Waals surface area contributed by atoms with Crippen molar-refractivity contribution >= 4 is 30.2 Å². The van der Waals surface area contributed by atoms with E-state index in [1.165, 1.54) is 12.1 Å². The molecule has 4 atom stereocenters. The minimum atomic E-state index is -2.03. The molecule has 3 fully saturated rings. The maximum atomic E-state index is 13.3. The summed E-state index contributed by atoms with van der Waals surface area (Å²) in [7, 11) is 0. The van der Waals surface area contributed by atoms with Crippen molar-refractivity contribution in [3.8, 4) is 6.07 Å². The molecule has 0 bridgehead atoms. The normalized spacial score (nSPS) is 26.5. The largest absolute Gasteiger partial charge is 0.463 e. The summed E-state index contributed by atoms with van der Waals surface area (Å²) in [6.07, 6.45) is 4.77. The Hall–Kier alpha value is -3.96. The van der Waals surface area contributed by atoms with E-state index in [0.29, 0.717) is 12.8 Å². The fourth-order valence-electron chi connectivity index (χ4n) is 6.78. The van der Waals surface area contributed by atoms with Gasteiger partial charge in [0.1, 0.15) is 42.7 Å². The van der Waals surface area contributed by atoms with Crippen LogP contribution in [-0.4, -0.2) is 76.4 Å². The van der Waals surface area contributed by atoms with Crippen LogP contribution in [-0.2, 0) is 34.1 Å². The zero-order valence-electron chi connectivity index (χ0n) is 27.5. The van der Waals surface area contributed by atoms with Gasteiger partial charge in [-0.25, -0.2) is 9.79 Å². The van der Waals surface area contributed by atoms with E-state index in [1.54, 1.807) is 20.8 Å². The molecule has 1 aromatic rings. The maximum Gasteiger partial charge on any atom is 0.408 e. The van der Waals surface area contributed by atoms with Gasteiger partial charge in [-0.2, -0.15) is 5.26 Å². The average molecular weight is 657 g/mol. The average Bonchev–Trinajstić information content (AvgIpc) is 3.60. The lowest BCUT2D eigenvalue weighted by atomic mass is 9.79. The number of amides is 1. The number of carbonyl (C=O) groups excluding carboxylic acids is 3. The Morgan fingerprint density at radius 2 is 1.85 bits per heavy atom. The topological polar surface area (TPSA) is 222 Å². The number of aromatic nitrogens is 1. The van der Waals surface area contributed by atoms with Gasteiger partial charge >= 0.3 is 18.0 Å². The molecule has 1 aromatic heterocycles. The number of alkyl carbamates (subject to hydrolysis) is 1. The summed E-state index contributed by atoms with van der Waals surface area (Å²) in [6, 6.07) is 5.02. The molecule has 1 aliphatic heterocycles. The fraction of sp³-hybridized carbons (Fsp3) is 0.697. The minimum Gasteiger partial charge on any atom is -0.463 e. The van der Waals surface area contributed by atoms with Gasteiger partial charge in [-0.15, -0.1) is 0 Å². The van der Waals surface area contributed by atoms with Crippen LogP contribution in [0.25, 0.3) is 0 Å². The van der Waals surface area contributed by atoms with Gasteiger partial charge in [0, 0.05) is 6.42 Å². The van der Waals surface area contributed by atoms with Crippen molar-refractivity contribution in [2.45, 2.75) is 133 Å². The first-order valence-electron chi connectivity index (χ1n) is 16.5. The molecule has 0 unspecified atom stereocenters. The van der Waals surface area contributed by atoms with E-state index >= 15 is 0 Å². The summed E-state index contributed by atoms with van der Waals surface area (Å²) in [5.74, 6) is -1.02.